The van der Waals surface area contributed by atoms with Crippen LogP contribution in [0.2, 0.25) is 0 Å². The Morgan fingerprint density at radius 1 is 1.00 bits per heavy atom. The summed E-state index contributed by atoms with van der Waals surface area (Å²) < 4.78 is 5.41. The number of fused-ring (bicyclic) bond motifs is 1. The van der Waals surface area contributed by atoms with Crippen molar-refractivity contribution in [1.82, 2.24) is 0 Å². The maximum Gasteiger partial charge on any atom is 0.311 e. The van der Waals surface area contributed by atoms with E-state index in [0.717, 1.165) is 12.0 Å². The van der Waals surface area contributed by atoms with Gasteiger partial charge < -0.3 is 25.2 Å². The number of esters is 1. The highest BCUT2D eigenvalue weighted by atomic mass is 16.5. The fraction of sp³-hybridized carbons (Fsp3) is 0.286. The number of hydrogen-bond acceptors (Lipinski definition) is 6. The van der Waals surface area contributed by atoms with Gasteiger partial charge in [0.15, 0.2) is 0 Å². The van der Waals surface area contributed by atoms with Crippen LogP contribution in [0.25, 0.3) is 16.5 Å². The lowest BCUT2D eigenvalue weighted by atomic mass is 10.0. The summed E-state index contributed by atoms with van der Waals surface area (Å²) >= 11 is 0. The molecule has 27 heavy (non-hydrogen) atoms. The van der Waals surface area contributed by atoms with E-state index in [9.17, 15) is 25.2 Å². The molecule has 2 aromatic rings. The quantitative estimate of drug-likeness (QED) is 0.253. The van der Waals surface area contributed by atoms with Gasteiger partial charge in [-0.3, -0.25) is 4.79 Å². The number of aromatic hydroxyl groups is 4. The lowest BCUT2D eigenvalue weighted by Crippen LogP contribution is -2.04. The number of phenolic OH excluding ortho intramolecular Hbond substituents is 4. The fourth-order valence-electron chi connectivity index (χ4n) is 2.60. The standard InChI is InChI=1S/C21H24O6/c1-4-5-6-18(25)27-17(10-7-12(2)3)13-11-16(24)19-14(22)8-9-15(23)20(19)21(13)26/h7-11,22-24,26H,4-6H2,1-3H3/b17-10-. The first-order chi connectivity index (χ1) is 12.8. The molecule has 6 nitrogen and oxygen atoms in total. The van der Waals surface area contributed by atoms with Gasteiger partial charge in [0.1, 0.15) is 28.8 Å². The summed E-state index contributed by atoms with van der Waals surface area (Å²) in [6.07, 6.45) is 4.93. The van der Waals surface area contributed by atoms with Gasteiger partial charge in [-0.15, -0.1) is 0 Å². The normalized spacial score (nSPS) is 11.4. The number of benzene rings is 2. The van der Waals surface area contributed by atoms with Gasteiger partial charge >= 0.3 is 5.97 Å². The molecule has 2 aromatic carbocycles. The molecule has 0 heterocycles. The van der Waals surface area contributed by atoms with E-state index in [1.807, 2.05) is 20.8 Å². The number of allylic oxidation sites excluding steroid dienone is 3. The molecule has 0 spiro atoms. The van der Waals surface area contributed by atoms with Crippen LogP contribution in [-0.2, 0) is 9.53 Å². The van der Waals surface area contributed by atoms with Gasteiger partial charge in [-0.2, -0.15) is 0 Å². The van der Waals surface area contributed by atoms with Crippen molar-refractivity contribution in [2.24, 2.45) is 0 Å². The van der Waals surface area contributed by atoms with Crippen LogP contribution < -0.4 is 0 Å². The van der Waals surface area contributed by atoms with Crippen molar-refractivity contribution in [3.63, 3.8) is 0 Å². The Balaban J connectivity index is 2.65. The Labute approximate surface area is 157 Å². The molecule has 0 atom stereocenters. The Morgan fingerprint density at radius 3 is 2.22 bits per heavy atom. The van der Waals surface area contributed by atoms with E-state index in [0.29, 0.717) is 6.42 Å². The molecule has 0 radical (unpaired) electrons. The Hall–Kier alpha value is -3.15. The van der Waals surface area contributed by atoms with Crippen LogP contribution in [-0.4, -0.2) is 26.4 Å². The Bertz CT molecular complexity index is 920. The van der Waals surface area contributed by atoms with E-state index < -0.39 is 11.7 Å². The first-order valence-electron chi connectivity index (χ1n) is 8.72. The highest BCUT2D eigenvalue weighted by Gasteiger charge is 2.21. The van der Waals surface area contributed by atoms with Crippen molar-refractivity contribution in [2.45, 2.75) is 40.0 Å². The van der Waals surface area contributed by atoms with Crippen LogP contribution in [0.15, 0.2) is 35.9 Å². The van der Waals surface area contributed by atoms with Crippen molar-refractivity contribution in [1.29, 1.82) is 0 Å². The Kier molecular flexibility index (Phi) is 6.34. The van der Waals surface area contributed by atoms with E-state index in [-0.39, 0.29) is 45.8 Å². The fourth-order valence-corrected chi connectivity index (χ4v) is 2.60. The van der Waals surface area contributed by atoms with Crippen LogP contribution in [0, 0.1) is 0 Å². The zero-order valence-corrected chi connectivity index (χ0v) is 15.6. The number of rotatable bonds is 6. The summed E-state index contributed by atoms with van der Waals surface area (Å²) in [4.78, 5) is 12.1. The third-order valence-electron chi connectivity index (χ3n) is 3.98. The summed E-state index contributed by atoms with van der Waals surface area (Å²) in [6.45, 7) is 5.67. The maximum atomic E-state index is 12.1. The summed E-state index contributed by atoms with van der Waals surface area (Å²) in [7, 11) is 0. The lowest BCUT2D eigenvalue weighted by molar-refractivity contribution is -0.136. The van der Waals surface area contributed by atoms with Gasteiger partial charge in [0.2, 0.25) is 0 Å². The lowest BCUT2D eigenvalue weighted by Gasteiger charge is -2.15. The predicted molar refractivity (Wildman–Crippen MR) is 104 cm³/mol. The SMILES string of the molecule is CCCCC(=O)O/C(=C\C=C(C)C)c1cc(O)c2c(O)ccc(O)c2c1O. The van der Waals surface area contributed by atoms with Crippen LogP contribution >= 0.6 is 0 Å². The molecule has 0 unspecified atom stereocenters. The molecular weight excluding hydrogens is 348 g/mol. The largest absolute Gasteiger partial charge is 0.507 e. The van der Waals surface area contributed by atoms with E-state index in [2.05, 4.69) is 0 Å². The van der Waals surface area contributed by atoms with Gasteiger partial charge in [-0.05, 0) is 44.5 Å². The molecule has 0 saturated carbocycles. The number of phenols is 4. The minimum absolute atomic E-state index is 0.0308. The highest BCUT2D eigenvalue weighted by Crippen LogP contribution is 2.46. The Morgan fingerprint density at radius 2 is 1.63 bits per heavy atom. The van der Waals surface area contributed by atoms with Gasteiger partial charge in [0, 0.05) is 6.42 Å². The van der Waals surface area contributed by atoms with Crippen molar-refractivity contribution in [3.05, 3.63) is 41.5 Å². The summed E-state index contributed by atoms with van der Waals surface area (Å²) in [5, 5.41) is 40.8. The van der Waals surface area contributed by atoms with Gasteiger partial charge in [-0.25, -0.2) is 0 Å². The average molecular weight is 372 g/mol. The molecule has 6 heteroatoms. The molecule has 0 bridgehead atoms. The van der Waals surface area contributed by atoms with Crippen molar-refractivity contribution in [3.8, 4) is 23.0 Å². The first kappa shape index (κ1) is 20.2. The monoisotopic (exact) mass is 372 g/mol. The summed E-state index contributed by atoms with van der Waals surface area (Å²) in [5.41, 5.74) is 0.963. The molecule has 0 fully saturated rings. The average Bonchev–Trinajstić information content (AvgIpc) is 2.61. The van der Waals surface area contributed by atoms with E-state index in [4.69, 9.17) is 4.74 Å². The topological polar surface area (TPSA) is 107 Å². The van der Waals surface area contributed by atoms with Crippen molar-refractivity contribution >= 4 is 22.5 Å². The highest BCUT2D eigenvalue weighted by molar-refractivity contribution is 6.04. The molecule has 0 aliphatic carbocycles. The third-order valence-corrected chi connectivity index (χ3v) is 3.98. The molecule has 0 aliphatic heterocycles. The second-order valence-electron chi connectivity index (χ2n) is 6.50. The number of carbonyl (C=O) groups is 1. The smallest absolute Gasteiger partial charge is 0.311 e. The van der Waals surface area contributed by atoms with E-state index in [1.54, 1.807) is 6.08 Å². The number of carbonyl (C=O) groups excluding carboxylic acids is 1. The van der Waals surface area contributed by atoms with Crippen LogP contribution in [0.4, 0.5) is 0 Å². The minimum Gasteiger partial charge on any atom is -0.507 e. The second-order valence-corrected chi connectivity index (χ2v) is 6.50. The van der Waals surface area contributed by atoms with Crippen molar-refractivity contribution < 1.29 is 30.0 Å². The third kappa shape index (κ3) is 4.53. The van der Waals surface area contributed by atoms with E-state index in [1.165, 1.54) is 24.3 Å². The van der Waals surface area contributed by atoms with Gasteiger partial charge in [0.25, 0.3) is 0 Å². The second kappa shape index (κ2) is 8.49. The molecule has 4 N–H and O–H groups in total. The number of hydrogen-bond donors (Lipinski definition) is 4. The van der Waals surface area contributed by atoms with Crippen LogP contribution in [0.3, 0.4) is 0 Å². The summed E-state index contributed by atoms with van der Waals surface area (Å²) in [5.74, 6) is -1.82. The maximum absolute atomic E-state index is 12.1. The summed E-state index contributed by atoms with van der Waals surface area (Å²) in [6, 6.07) is 3.60. The molecule has 0 saturated heterocycles. The van der Waals surface area contributed by atoms with Crippen LogP contribution in [0.1, 0.15) is 45.6 Å². The minimum atomic E-state index is -0.468. The zero-order valence-electron chi connectivity index (χ0n) is 15.6. The number of unbranched alkanes of at least 4 members (excludes halogenated alkanes) is 1. The van der Waals surface area contributed by atoms with Crippen molar-refractivity contribution in [2.75, 3.05) is 0 Å². The first-order valence-corrected chi connectivity index (χ1v) is 8.72. The molecule has 0 aromatic heterocycles. The predicted octanol–water partition coefficient (Wildman–Crippen LogP) is 4.70. The van der Waals surface area contributed by atoms with E-state index >= 15 is 0 Å². The molecular formula is C21H24O6. The van der Waals surface area contributed by atoms with Gasteiger partial charge in [0.05, 0.1) is 16.3 Å². The molecule has 144 valence electrons. The molecule has 0 aliphatic rings. The zero-order chi connectivity index (χ0) is 20.1. The van der Waals surface area contributed by atoms with Gasteiger partial charge in [-0.1, -0.05) is 25.0 Å². The molecule has 0 amide bonds. The van der Waals surface area contributed by atoms with Crippen LogP contribution in [0.5, 0.6) is 23.0 Å². The molecule has 2 rings (SSSR count). The number of ether oxygens (including phenoxy) is 1.